The molecule has 0 aliphatic rings. The van der Waals surface area contributed by atoms with Crippen LogP contribution < -0.4 is 5.73 Å². The van der Waals surface area contributed by atoms with Crippen molar-refractivity contribution in [3.8, 4) is 0 Å². The van der Waals surface area contributed by atoms with Crippen LogP contribution in [-0.4, -0.2) is 16.6 Å². The average molecular weight is 324 g/mol. The predicted octanol–water partition coefficient (Wildman–Crippen LogP) is 2.23. The molecule has 0 saturated carbocycles. The van der Waals surface area contributed by atoms with E-state index in [0.717, 1.165) is 8.95 Å². The molecule has 2 unspecified atom stereocenters. The first-order valence-corrected chi connectivity index (χ1v) is 5.84. The van der Waals surface area contributed by atoms with Crippen molar-refractivity contribution in [2.75, 3.05) is 6.54 Å². The number of aliphatic hydroxyl groups is 1. The van der Waals surface area contributed by atoms with E-state index < -0.39 is 6.10 Å². The third-order valence-corrected chi connectivity index (χ3v) is 3.10. The Morgan fingerprint density at radius 1 is 1.57 bits per heavy atom. The normalized spacial score (nSPS) is 15.2. The molecule has 3 N–H and O–H groups in total. The van der Waals surface area contributed by atoms with Gasteiger partial charge in [0.25, 0.3) is 0 Å². The summed E-state index contributed by atoms with van der Waals surface area (Å²) in [6, 6.07) is 1.86. The van der Waals surface area contributed by atoms with Crippen LogP contribution in [0, 0.1) is 5.92 Å². The van der Waals surface area contributed by atoms with Crippen LogP contribution in [0.2, 0.25) is 0 Å². The van der Waals surface area contributed by atoms with Crippen LogP contribution in [0.5, 0.6) is 0 Å². The zero-order valence-electron chi connectivity index (χ0n) is 7.74. The number of hydrogen-bond acceptors (Lipinski definition) is 3. The van der Waals surface area contributed by atoms with E-state index >= 15 is 0 Å². The number of aromatic nitrogens is 1. The van der Waals surface area contributed by atoms with Crippen LogP contribution in [0.15, 0.2) is 21.2 Å². The van der Waals surface area contributed by atoms with Gasteiger partial charge < -0.3 is 10.8 Å². The molecule has 0 amide bonds. The van der Waals surface area contributed by atoms with Crippen molar-refractivity contribution in [3.63, 3.8) is 0 Å². The van der Waals surface area contributed by atoms with Crippen LogP contribution in [0.3, 0.4) is 0 Å². The van der Waals surface area contributed by atoms with Crippen molar-refractivity contribution in [1.29, 1.82) is 0 Å². The second-order valence-corrected chi connectivity index (χ2v) is 4.95. The molecule has 0 aliphatic heterocycles. The van der Waals surface area contributed by atoms with Gasteiger partial charge in [0.1, 0.15) is 6.10 Å². The fourth-order valence-electron chi connectivity index (χ4n) is 1.04. The molecule has 3 nitrogen and oxygen atoms in total. The summed E-state index contributed by atoms with van der Waals surface area (Å²) in [6.45, 7) is 2.33. The topological polar surface area (TPSA) is 59.1 Å². The standard InChI is InChI=1S/C9H12Br2N2O/c1-5(3-12)9(14)8-7(11)2-6(10)4-13-8/h2,4-5,9,14H,3,12H2,1H3. The lowest BCUT2D eigenvalue weighted by atomic mass is 10.0. The number of aliphatic hydroxyl groups excluding tert-OH is 1. The van der Waals surface area contributed by atoms with Gasteiger partial charge in [0.15, 0.2) is 0 Å². The SMILES string of the molecule is CC(CN)C(O)c1ncc(Br)cc1Br. The van der Waals surface area contributed by atoms with Crippen molar-refractivity contribution in [2.45, 2.75) is 13.0 Å². The molecular formula is C9H12Br2N2O. The maximum atomic E-state index is 9.87. The average Bonchev–Trinajstić information content (AvgIpc) is 2.15. The largest absolute Gasteiger partial charge is 0.386 e. The summed E-state index contributed by atoms with van der Waals surface area (Å²) in [5.41, 5.74) is 6.11. The van der Waals surface area contributed by atoms with Gasteiger partial charge in [0.2, 0.25) is 0 Å². The first kappa shape index (κ1) is 12.1. The molecule has 5 heteroatoms. The highest BCUT2D eigenvalue weighted by Gasteiger charge is 2.18. The van der Waals surface area contributed by atoms with Gasteiger partial charge in [-0.05, 0) is 44.5 Å². The minimum Gasteiger partial charge on any atom is -0.386 e. The molecule has 78 valence electrons. The fraction of sp³-hybridized carbons (Fsp3) is 0.444. The molecule has 14 heavy (non-hydrogen) atoms. The Bertz CT molecular complexity index is 320. The summed E-state index contributed by atoms with van der Waals surface area (Å²) in [4.78, 5) is 4.15. The fourth-order valence-corrected chi connectivity index (χ4v) is 2.26. The van der Waals surface area contributed by atoms with Crippen LogP contribution >= 0.6 is 31.9 Å². The van der Waals surface area contributed by atoms with Gasteiger partial charge in [-0.15, -0.1) is 0 Å². The summed E-state index contributed by atoms with van der Waals surface area (Å²) in [5.74, 6) is -0.0000227. The Hall–Kier alpha value is 0.0300. The predicted molar refractivity (Wildman–Crippen MR) is 62.8 cm³/mol. The maximum absolute atomic E-state index is 9.87. The third kappa shape index (κ3) is 2.76. The zero-order chi connectivity index (χ0) is 10.7. The van der Waals surface area contributed by atoms with Gasteiger partial charge in [-0.25, -0.2) is 0 Å². The summed E-state index contributed by atoms with van der Waals surface area (Å²) < 4.78 is 1.67. The molecule has 0 radical (unpaired) electrons. The lowest BCUT2D eigenvalue weighted by Gasteiger charge is -2.17. The molecule has 1 heterocycles. The molecule has 1 aromatic heterocycles. The first-order chi connectivity index (χ1) is 6.56. The van der Waals surface area contributed by atoms with Gasteiger partial charge in [0, 0.05) is 21.1 Å². The minimum atomic E-state index is -0.623. The third-order valence-electron chi connectivity index (χ3n) is 2.03. The second-order valence-electron chi connectivity index (χ2n) is 3.18. The number of hydrogen-bond donors (Lipinski definition) is 2. The molecule has 0 fully saturated rings. The molecule has 1 aromatic rings. The van der Waals surface area contributed by atoms with E-state index in [2.05, 4.69) is 36.8 Å². The number of rotatable bonds is 3. The van der Waals surface area contributed by atoms with Crippen molar-refractivity contribution < 1.29 is 5.11 Å². The Balaban J connectivity index is 2.95. The van der Waals surface area contributed by atoms with E-state index in [1.165, 1.54) is 0 Å². The number of nitrogens with two attached hydrogens (primary N) is 1. The van der Waals surface area contributed by atoms with Crippen LogP contribution in [0.25, 0.3) is 0 Å². The quantitative estimate of drug-likeness (QED) is 0.896. The maximum Gasteiger partial charge on any atom is 0.101 e. The molecular weight excluding hydrogens is 312 g/mol. The van der Waals surface area contributed by atoms with Crippen molar-refractivity contribution in [2.24, 2.45) is 11.7 Å². The van der Waals surface area contributed by atoms with Gasteiger partial charge >= 0.3 is 0 Å². The van der Waals surface area contributed by atoms with Crippen molar-refractivity contribution >= 4 is 31.9 Å². The zero-order valence-corrected chi connectivity index (χ0v) is 10.9. The molecule has 2 atom stereocenters. The van der Waals surface area contributed by atoms with E-state index in [1.807, 2.05) is 13.0 Å². The molecule has 0 bridgehead atoms. The van der Waals surface area contributed by atoms with Gasteiger partial charge in [-0.2, -0.15) is 0 Å². The number of halogens is 2. The summed E-state index contributed by atoms with van der Waals surface area (Å²) in [6.07, 6.45) is 1.04. The van der Waals surface area contributed by atoms with E-state index in [-0.39, 0.29) is 5.92 Å². The highest BCUT2D eigenvalue weighted by molar-refractivity contribution is 9.11. The van der Waals surface area contributed by atoms with Crippen LogP contribution in [0.1, 0.15) is 18.7 Å². The highest BCUT2D eigenvalue weighted by atomic mass is 79.9. The monoisotopic (exact) mass is 322 g/mol. The van der Waals surface area contributed by atoms with E-state index in [0.29, 0.717) is 12.2 Å². The first-order valence-electron chi connectivity index (χ1n) is 4.25. The van der Waals surface area contributed by atoms with Crippen molar-refractivity contribution in [3.05, 3.63) is 26.9 Å². The van der Waals surface area contributed by atoms with Crippen LogP contribution in [0.4, 0.5) is 0 Å². The van der Waals surface area contributed by atoms with Gasteiger partial charge in [-0.1, -0.05) is 6.92 Å². The Labute approximate surface area is 100.0 Å². The summed E-state index contributed by atoms with van der Waals surface area (Å²) in [5, 5.41) is 9.87. The lowest BCUT2D eigenvalue weighted by Crippen LogP contribution is -2.20. The second kappa shape index (κ2) is 5.21. The molecule has 1 rings (SSSR count). The number of pyridine rings is 1. The lowest BCUT2D eigenvalue weighted by molar-refractivity contribution is 0.116. The Morgan fingerprint density at radius 2 is 2.21 bits per heavy atom. The highest BCUT2D eigenvalue weighted by Crippen LogP contribution is 2.28. The van der Waals surface area contributed by atoms with E-state index in [4.69, 9.17) is 5.73 Å². The minimum absolute atomic E-state index is 0.0000227. The van der Waals surface area contributed by atoms with Crippen molar-refractivity contribution in [1.82, 2.24) is 4.98 Å². The molecule has 0 saturated heterocycles. The van der Waals surface area contributed by atoms with Gasteiger partial charge in [0.05, 0.1) is 5.69 Å². The smallest absolute Gasteiger partial charge is 0.101 e. The van der Waals surface area contributed by atoms with Crippen LogP contribution in [-0.2, 0) is 0 Å². The summed E-state index contributed by atoms with van der Waals surface area (Å²) in [7, 11) is 0. The molecule has 0 aromatic carbocycles. The summed E-state index contributed by atoms with van der Waals surface area (Å²) >= 11 is 6.65. The Kier molecular flexibility index (Phi) is 4.50. The van der Waals surface area contributed by atoms with E-state index in [1.54, 1.807) is 6.20 Å². The van der Waals surface area contributed by atoms with E-state index in [9.17, 15) is 5.11 Å². The van der Waals surface area contributed by atoms with Gasteiger partial charge in [-0.3, -0.25) is 4.98 Å². The number of nitrogens with zero attached hydrogens (tertiary/aromatic N) is 1. The molecule has 0 aliphatic carbocycles. The Morgan fingerprint density at radius 3 is 2.71 bits per heavy atom. The molecule has 0 spiro atoms.